The van der Waals surface area contributed by atoms with Crippen molar-refractivity contribution in [3.63, 3.8) is 0 Å². The van der Waals surface area contributed by atoms with Crippen LogP contribution in [-0.2, 0) is 15.9 Å². The van der Waals surface area contributed by atoms with Gasteiger partial charge in [0, 0.05) is 29.1 Å². The molecule has 0 saturated carbocycles. The molecule has 0 saturated heterocycles. The zero-order chi connectivity index (χ0) is 24.4. The quantitative estimate of drug-likeness (QED) is 0.443. The van der Waals surface area contributed by atoms with E-state index in [1.54, 1.807) is 0 Å². The molecule has 0 radical (unpaired) electrons. The molecule has 0 aliphatic heterocycles. The second-order valence-electron chi connectivity index (χ2n) is 6.80. The fourth-order valence-electron chi connectivity index (χ4n) is 2.66. The minimum absolute atomic E-state index is 0.0423. The molecule has 12 heteroatoms. The molecule has 2 aromatic carbocycles. The van der Waals surface area contributed by atoms with Gasteiger partial charge in [-0.05, 0) is 36.4 Å². The average molecular weight is 500 g/mol. The van der Waals surface area contributed by atoms with Crippen molar-refractivity contribution >= 4 is 32.9 Å². The van der Waals surface area contributed by atoms with Crippen LogP contribution in [0.1, 0.15) is 15.9 Å². The number of nitrogens with one attached hydrogen (secondary N) is 2. The summed E-state index contributed by atoms with van der Waals surface area (Å²) < 4.78 is 69.9. The Morgan fingerprint density at radius 3 is 2.52 bits per heavy atom. The van der Waals surface area contributed by atoms with Gasteiger partial charge < -0.3 is 14.8 Å². The number of nitrogens with zero attached hydrogens (tertiary/aromatic N) is 1. The third-order valence-corrected chi connectivity index (χ3v) is 5.76. The molecule has 1 amide bonds. The number of carbonyl (C=O) groups is 1. The Labute approximate surface area is 192 Å². The van der Waals surface area contributed by atoms with E-state index in [0.717, 1.165) is 0 Å². The van der Waals surface area contributed by atoms with Gasteiger partial charge in [0.15, 0.2) is 0 Å². The summed E-state index contributed by atoms with van der Waals surface area (Å²) in [6.45, 7) is 0. The first-order valence-corrected chi connectivity index (χ1v) is 11.5. The van der Waals surface area contributed by atoms with E-state index >= 15 is 0 Å². The van der Waals surface area contributed by atoms with Crippen molar-refractivity contribution in [3.8, 4) is 17.4 Å². The zero-order valence-corrected chi connectivity index (χ0v) is 18.8. The van der Waals surface area contributed by atoms with Gasteiger partial charge >= 0.3 is 6.18 Å². The first-order chi connectivity index (χ1) is 15.4. The largest absolute Gasteiger partial charge is 0.497 e. The molecule has 33 heavy (non-hydrogen) atoms. The van der Waals surface area contributed by atoms with E-state index in [1.807, 2.05) is 0 Å². The van der Waals surface area contributed by atoms with Crippen LogP contribution in [0, 0.1) is 4.78 Å². The summed E-state index contributed by atoms with van der Waals surface area (Å²) in [6, 6.07) is 10.6. The third-order valence-electron chi connectivity index (χ3n) is 4.31. The van der Waals surface area contributed by atoms with E-state index in [-0.39, 0.29) is 21.4 Å². The Kier molecular flexibility index (Phi) is 6.84. The SMILES string of the molecule is COc1ccc(Oc2ncc(C(F)(F)F)cc2C(=O)Nc2cccc(S(C)(=N)=O)c2)c(Cl)c1. The van der Waals surface area contributed by atoms with Gasteiger partial charge in [-0.2, -0.15) is 13.2 Å². The molecule has 174 valence electrons. The summed E-state index contributed by atoms with van der Waals surface area (Å²) in [4.78, 5) is 16.7. The van der Waals surface area contributed by atoms with E-state index in [4.69, 9.17) is 25.9 Å². The molecule has 1 heterocycles. The lowest BCUT2D eigenvalue weighted by Crippen LogP contribution is -2.16. The fourth-order valence-corrected chi connectivity index (χ4v) is 3.56. The molecule has 0 bridgehead atoms. The van der Waals surface area contributed by atoms with Crippen LogP contribution in [0.3, 0.4) is 0 Å². The van der Waals surface area contributed by atoms with Gasteiger partial charge in [0.25, 0.3) is 5.91 Å². The van der Waals surface area contributed by atoms with Crippen molar-refractivity contribution in [2.24, 2.45) is 0 Å². The monoisotopic (exact) mass is 499 g/mol. The summed E-state index contributed by atoms with van der Waals surface area (Å²) in [6.07, 6.45) is -3.01. The fraction of sp³-hybridized carbons (Fsp3) is 0.143. The average Bonchev–Trinajstić information content (AvgIpc) is 2.74. The van der Waals surface area contributed by atoms with Crippen molar-refractivity contribution in [2.75, 3.05) is 18.7 Å². The van der Waals surface area contributed by atoms with Crippen LogP contribution in [-0.4, -0.2) is 28.5 Å². The van der Waals surface area contributed by atoms with Crippen molar-refractivity contribution < 1.29 is 31.6 Å². The molecule has 1 aromatic heterocycles. The number of benzene rings is 2. The van der Waals surface area contributed by atoms with E-state index in [0.29, 0.717) is 18.0 Å². The lowest BCUT2D eigenvalue weighted by Gasteiger charge is -2.15. The highest BCUT2D eigenvalue weighted by molar-refractivity contribution is 7.91. The predicted molar refractivity (Wildman–Crippen MR) is 117 cm³/mol. The molecule has 3 aromatic rings. The molecule has 1 unspecified atom stereocenters. The maximum atomic E-state index is 13.2. The second-order valence-corrected chi connectivity index (χ2v) is 9.36. The number of rotatable bonds is 6. The van der Waals surface area contributed by atoms with Crippen molar-refractivity contribution in [1.29, 1.82) is 4.78 Å². The lowest BCUT2D eigenvalue weighted by molar-refractivity contribution is -0.137. The standard InChI is InChI=1S/C21H17ClF3N3O4S/c1-31-14-6-7-18(17(22)10-14)32-20-16(8-12(11-27-20)21(23,24)25)19(29)28-13-4-3-5-15(9-13)33(2,26)30/h3-11,26H,1-2H3,(H,28,29). The molecular formula is C21H17ClF3N3O4S. The van der Waals surface area contributed by atoms with Gasteiger partial charge in [-0.25, -0.2) is 14.0 Å². The molecule has 7 nitrogen and oxygen atoms in total. The Bertz CT molecular complexity index is 1310. The first kappa shape index (κ1) is 24.3. The number of halogens is 4. The normalized spacial score (nSPS) is 13.2. The van der Waals surface area contributed by atoms with Crippen LogP contribution >= 0.6 is 11.6 Å². The number of carbonyl (C=O) groups excluding carboxylic acids is 1. The van der Waals surface area contributed by atoms with Crippen LogP contribution in [0.5, 0.6) is 17.4 Å². The van der Waals surface area contributed by atoms with Gasteiger partial charge in [0.05, 0.1) is 27.4 Å². The molecule has 0 aliphatic carbocycles. The van der Waals surface area contributed by atoms with Crippen molar-refractivity contribution in [3.05, 3.63) is 70.9 Å². The molecule has 2 N–H and O–H groups in total. The molecular weight excluding hydrogens is 483 g/mol. The maximum absolute atomic E-state index is 13.2. The van der Waals surface area contributed by atoms with Crippen LogP contribution in [0.4, 0.5) is 18.9 Å². The summed E-state index contributed by atoms with van der Waals surface area (Å²) >= 11 is 6.13. The smallest absolute Gasteiger partial charge is 0.417 e. The van der Waals surface area contributed by atoms with E-state index in [9.17, 15) is 22.2 Å². The van der Waals surface area contributed by atoms with Crippen molar-refractivity contribution in [1.82, 2.24) is 4.98 Å². The van der Waals surface area contributed by atoms with E-state index < -0.39 is 38.8 Å². The van der Waals surface area contributed by atoms with Crippen LogP contribution < -0.4 is 14.8 Å². The number of hydrogen-bond acceptors (Lipinski definition) is 6. The van der Waals surface area contributed by atoms with Crippen molar-refractivity contribution in [2.45, 2.75) is 11.1 Å². The number of methoxy groups -OCH3 is 1. The number of aromatic nitrogens is 1. The number of amides is 1. The first-order valence-electron chi connectivity index (χ1n) is 9.12. The van der Waals surface area contributed by atoms with Crippen LogP contribution in [0.15, 0.2) is 59.6 Å². The molecule has 1 atom stereocenters. The molecule has 0 spiro atoms. The maximum Gasteiger partial charge on any atom is 0.417 e. The Balaban J connectivity index is 2.00. The number of pyridine rings is 1. The number of ether oxygens (including phenoxy) is 2. The van der Waals surface area contributed by atoms with E-state index in [2.05, 4.69) is 10.3 Å². The van der Waals surface area contributed by atoms with Crippen LogP contribution in [0.2, 0.25) is 5.02 Å². The summed E-state index contributed by atoms with van der Waals surface area (Å²) in [7, 11) is -1.64. The zero-order valence-electron chi connectivity index (χ0n) is 17.2. The number of anilines is 1. The highest BCUT2D eigenvalue weighted by Crippen LogP contribution is 2.36. The lowest BCUT2D eigenvalue weighted by atomic mass is 10.1. The Morgan fingerprint density at radius 1 is 1.18 bits per heavy atom. The van der Waals surface area contributed by atoms with Gasteiger partial charge in [0.2, 0.25) is 5.88 Å². The topological polar surface area (TPSA) is 101 Å². The molecule has 0 aliphatic rings. The Morgan fingerprint density at radius 2 is 1.91 bits per heavy atom. The minimum Gasteiger partial charge on any atom is -0.497 e. The summed E-state index contributed by atoms with van der Waals surface area (Å²) in [5.41, 5.74) is -1.53. The van der Waals surface area contributed by atoms with Gasteiger partial charge in [-0.3, -0.25) is 4.79 Å². The summed E-state index contributed by atoms with van der Waals surface area (Å²) in [5, 5.41) is 2.51. The highest BCUT2D eigenvalue weighted by atomic mass is 35.5. The highest BCUT2D eigenvalue weighted by Gasteiger charge is 2.33. The minimum atomic E-state index is -4.75. The second kappa shape index (κ2) is 9.28. The Hall–Kier alpha value is -3.31. The summed E-state index contributed by atoms with van der Waals surface area (Å²) in [5.74, 6) is -0.908. The van der Waals surface area contributed by atoms with Gasteiger partial charge in [0.1, 0.15) is 17.1 Å². The number of hydrogen-bond donors (Lipinski definition) is 2. The van der Waals surface area contributed by atoms with Gasteiger partial charge in [-0.15, -0.1) is 0 Å². The van der Waals surface area contributed by atoms with Gasteiger partial charge in [-0.1, -0.05) is 17.7 Å². The van der Waals surface area contributed by atoms with E-state index in [1.165, 1.54) is 55.8 Å². The molecule has 0 fully saturated rings. The third kappa shape index (κ3) is 5.93. The van der Waals surface area contributed by atoms with Crippen LogP contribution in [0.25, 0.3) is 0 Å². The predicted octanol–water partition coefficient (Wildman–Crippen LogP) is 5.84. The number of alkyl halides is 3. The molecule has 3 rings (SSSR count).